The van der Waals surface area contributed by atoms with Gasteiger partial charge in [0.2, 0.25) is 0 Å². The van der Waals surface area contributed by atoms with E-state index in [1.54, 1.807) is 6.07 Å². The standard InChI is InChI=1S/C27H37NO4S/c1-4-24-22(17-20(33-24)16-18(2)3)26(19-10-6-5-7-11-19)32-23-13-9-8-12-21(23)27(31)28-15-14-25(29)30/h8-9,12-13,17-19,26H,4-7,10-11,14-16H2,1-3H3,(H,28,31)(H,29,30). The molecule has 1 atom stereocenters. The number of amides is 1. The van der Waals surface area contributed by atoms with Crippen LogP contribution in [0, 0.1) is 11.8 Å². The number of aliphatic carboxylic acids is 1. The number of thiophene rings is 1. The lowest BCUT2D eigenvalue weighted by Gasteiger charge is -2.31. The lowest BCUT2D eigenvalue weighted by Crippen LogP contribution is -2.27. The minimum absolute atomic E-state index is 0.0784. The largest absolute Gasteiger partial charge is 0.485 e. The first-order valence-electron chi connectivity index (χ1n) is 12.3. The molecule has 0 bridgehead atoms. The Morgan fingerprint density at radius 3 is 2.58 bits per heavy atom. The molecular formula is C27H37NO4S. The van der Waals surface area contributed by atoms with Gasteiger partial charge in [0.05, 0.1) is 12.0 Å². The maximum absolute atomic E-state index is 12.8. The van der Waals surface area contributed by atoms with Crippen LogP contribution in [0.25, 0.3) is 0 Å². The fourth-order valence-corrected chi connectivity index (χ4v) is 6.00. The molecule has 0 spiro atoms. The summed E-state index contributed by atoms with van der Waals surface area (Å²) in [6, 6.07) is 9.66. The molecule has 1 aliphatic carbocycles. The fourth-order valence-electron chi connectivity index (χ4n) is 4.64. The van der Waals surface area contributed by atoms with E-state index in [1.165, 1.54) is 34.6 Å². The first kappa shape index (κ1) is 25.3. The van der Waals surface area contributed by atoms with Crippen molar-refractivity contribution in [1.29, 1.82) is 0 Å². The average Bonchev–Trinajstić information content (AvgIpc) is 3.19. The molecule has 1 amide bonds. The van der Waals surface area contributed by atoms with Crippen molar-refractivity contribution in [1.82, 2.24) is 5.32 Å². The normalized spacial score (nSPS) is 15.4. The van der Waals surface area contributed by atoms with Gasteiger partial charge in [0.25, 0.3) is 5.91 Å². The molecule has 1 fully saturated rings. The molecule has 0 saturated heterocycles. The Balaban J connectivity index is 1.90. The number of carbonyl (C=O) groups is 2. The van der Waals surface area contributed by atoms with E-state index in [0.29, 0.717) is 23.1 Å². The van der Waals surface area contributed by atoms with Crippen molar-refractivity contribution in [2.45, 2.75) is 78.2 Å². The van der Waals surface area contributed by atoms with Crippen LogP contribution < -0.4 is 10.1 Å². The van der Waals surface area contributed by atoms with Crippen LogP contribution in [0.15, 0.2) is 30.3 Å². The number of aryl methyl sites for hydroxylation is 1. The molecule has 1 unspecified atom stereocenters. The highest BCUT2D eigenvalue weighted by Gasteiger charge is 2.31. The van der Waals surface area contributed by atoms with Gasteiger partial charge in [0, 0.05) is 27.8 Å². The third-order valence-electron chi connectivity index (χ3n) is 6.22. The Bertz CT molecular complexity index is 930. The molecule has 1 saturated carbocycles. The monoisotopic (exact) mass is 471 g/mol. The van der Waals surface area contributed by atoms with Crippen molar-refractivity contribution >= 4 is 23.2 Å². The molecule has 6 heteroatoms. The first-order chi connectivity index (χ1) is 15.9. The van der Waals surface area contributed by atoms with Gasteiger partial charge in [-0.05, 0) is 49.8 Å². The van der Waals surface area contributed by atoms with Crippen molar-refractivity contribution in [2.24, 2.45) is 11.8 Å². The molecule has 5 nitrogen and oxygen atoms in total. The lowest BCUT2D eigenvalue weighted by atomic mass is 9.82. The topological polar surface area (TPSA) is 75.6 Å². The highest BCUT2D eigenvalue weighted by atomic mass is 32.1. The Morgan fingerprint density at radius 2 is 1.91 bits per heavy atom. The number of carboxylic acids is 1. The van der Waals surface area contributed by atoms with E-state index < -0.39 is 5.97 Å². The van der Waals surface area contributed by atoms with Gasteiger partial charge in [-0.25, -0.2) is 0 Å². The number of nitrogens with one attached hydrogen (secondary N) is 1. The van der Waals surface area contributed by atoms with Crippen molar-refractivity contribution in [3.8, 4) is 5.75 Å². The van der Waals surface area contributed by atoms with E-state index in [-0.39, 0.29) is 25.0 Å². The zero-order valence-corrected chi connectivity index (χ0v) is 20.9. The molecule has 1 aromatic carbocycles. The number of para-hydroxylation sites is 1. The van der Waals surface area contributed by atoms with Gasteiger partial charge in [0.15, 0.2) is 0 Å². The Kier molecular flexibility index (Phi) is 9.36. The average molecular weight is 472 g/mol. The number of hydrogen-bond acceptors (Lipinski definition) is 4. The first-order valence-corrected chi connectivity index (χ1v) is 13.1. The summed E-state index contributed by atoms with van der Waals surface area (Å²) in [5, 5.41) is 11.6. The molecule has 2 aromatic rings. The molecular weight excluding hydrogens is 434 g/mol. The zero-order chi connectivity index (χ0) is 23.8. The highest BCUT2D eigenvalue weighted by molar-refractivity contribution is 7.12. The SMILES string of the molecule is CCc1sc(CC(C)C)cc1C(Oc1ccccc1C(=O)NCCC(=O)O)C1CCCCC1. The summed E-state index contributed by atoms with van der Waals surface area (Å²) in [7, 11) is 0. The van der Waals surface area contributed by atoms with Gasteiger partial charge in [0.1, 0.15) is 11.9 Å². The van der Waals surface area contributed by atoms with E-state index in [4.69, 9.17) is 9.84 Å². The summed E-state index contributed by atoms with van der Waals surface area (Å²) >= 11 is 1.90. The molecule has 1 heterocycles. The number of benzene rings is 1. The van der Waals surface area contributed by atoms with Gasteiger partial charge in [-0.1, -0.05) is 52.2 Å². The van der Waals surface area contributed by atoms with Crippen LogP contribution in [0.4, 0.5) is 0 Å². The van der Waals surface area contributed by atoms with E-state index in [2.05, 4.69) is 32.2 Å². The second-order valence-corrected chi connectivity index (χ2v) is 10.6. The van der Waals surface area contributed by atoms with Crippen molar-refractivity contribution in [3.05, 3.63) is 51.2 Å². The van der Waals surface area contributed by atoms with Crippen molar-refractivity contribution < 1.29 is 19.4 Å². The lowest BCUT2D eigenvalue weighted by molar-refractivity contribution is -0.136. The minimum Gasteiger partial charge on any atom is -0.485 e. The van der Waals surface area contributed by atoms with E-state index in [0.717, 1.165) is 25.7 Å². The third kappa shape index (κ3) is 7.07. The molecule has 2 N–H and O–H groups in total. The Morgan fingerprint density at radius 1 is 1.18 bits per heavy atom. The molecule has 0 aliphatic heterocycles. The number of rotatable bonds is 11. The summed E-state index contributed by atoms with van der Waals surface area (Å²) in [5.74, 6) is 0.369. The van der Waals surface area contributed by atoms with E-state index in [1.807, 2.05) is 29.5 Å². The van der Waals surface area contributed by atoms with Gasteiger partial charge in [-0.15, -0.1) is 11.3 Å². The minimum atomic E-state index is -0.932. The maximum Gasteiger partial charge on any atom is 0.305 e. The van der Waals surface area contributed by atoms with Crippen LogP contribution >= 0.6 is 11.3 Å². The fraction of sp³-hybridized carbons (Fsp3) is 0.556. The predicted molar refractivity (Wildman–Crippen MR) is 133 cm³/mol. The van der Waals surface area contributed by atoms with Gasteiger partial charge < -0.3 is 15.2 Å². The second kappa shape index (κ2) is 12.2. The van der Waals surface area contributed by atoms with Crippen LogP contribution in [-0.2, 0) is 17.6 Å². The van der Waals surface area contributed by atoms with Crippen molar-refractivity contribution in [2.75, 3.05) is 6.54 Å². The number of carbonyl (C=O) groups excluding carboxylic acids is 1. The highest BCUT2D eigenvalue weighted by Crippen LogP contribution is 2.42. The van der Waals surface area contributed by atoms with Crippen molar-refractivity contribution in [3.63, 3.8) is 0 Å². The third-order valence-corrected chi connectivity index (χ3v) is 7.54. The van der Waals surface area contributed by atoms with E-state index in [9.17, 15) is 9.59 Å². The summed E-state index contributed by atoms with van der Waals surface area (Å²) in [4.78, 5) is 26.4. The van der Waals surface area contributed by atoms with Gasteiger partial charge in [-0.2, -0.15) is 0 Å². The number of ether oxygens (including phenoxy) is 1. The quantitative estimate of drug-likeness (QED) is 0.397. The maximum atomic E-state index is 12.8. The van der Waals surface area contributed by atoms with Crippen LogP contribution in [-0.4, -0.2) is 23.5 Å². The van der Waals surface area contributed by atoms with Crippen LogP contribution in [0.2, 0.25) is 0 Å². The number of hydrogen-bond donors (Lipinski definition) is 2. The predicted octanol–water partition coefficient (Wildman–Crippen LogP) is 6.41. The molecule has 3 rings (SSSR count). The molecule has 180 valence electrons. The Hall–Kier alpha value is -2.34. The van der Waals surface area contributed by atoms with E-state index >= 15 is 0 Å². The summed E-state index contributed by atoms with van der Waals surface area (Å²) in [6.07, 6.45) is 7.83. The molecule has 33 heavy (non-hydrogen) atoms. The summed E-state index contributed by atoms with van der Waals surface area (Å²) in [5.41, 5.74) is 1.74. The smallest absolute Gasteiger partial charge is 0.305 e. The second-order valence-electron chi connectivity index (χ2n) is 9.38. The number of carboxylic acid groups (broad SMARTS) is 1. The summed E-state index contributed by atoms with van der Waals surface area (Å²) in [6.45, 7) is 6.80. The molecule has 0 radical (unpaired) electrons. The van der Waals surface area contributed by atoms with Gasteiger partial charge in [-0.3, -0.25) is 9.59 Å². The molecule has 1 aromatic heterocycles. The van der Waals surface area contributed by atoms with Gasteiger partial charge >= 0.3 is 5.97 Å². The Labute approximate surface area is 201 Å². The molecule has 1 aliphatic rings. The summed E-state index contributed by atoms with van der Waals surface area (Å²) < 4.78 is 6.71. The zero-order valence-electron chi connectivity index (χ0n) is 20.1. The van der Waals surface area contributed by atoms with Crippen LogP contribution in [0.5, 0.6) is 5.75 Å². The van der Waals surface area contributed by atoms with Crippen LogP contribution in [0.3, 0.4) is 0 Å². The van der Waals surface area contributed by atoms with Crippen LogP contribution in [0.1, 0.15) is 91.1 Å².